The Morgan fingerprint density at radius 3 is 2.79 bits per heavy atom. The lowest BCUT2D eigenvalue weighted by molar-refractivity contribution is 0.0724. The van der Waals surface area contributed by atoms with Crippen molar-refractivity contribution in [1.82, 2.24) is 0 Å². The number of thiophene rings is 1. The predicted molar refractivity (Wildman–Crippen MR) is 80.1 cm³/mol. The van der Waals surface area contributed by atoms with E-state index < -0.39 is 0 Å². The van der Waals surface area contributed by atoms with E-state index in [-0.39, 0.29) is 12.1 Å². The average Bonchev–Trinajstić information content (AvgIpc) is 2.83. The van der Waals surface area contributed by atoms with Gasteiger partial charge in [-0.25, -0.2) is 0 Å². The van der Waals surface area contributed by atoms with E-state index in [1.807, 2.05) is 30.3 Å². The molecule has 3 nitrogen and oxygen atoms in total. The second kappa shape index (κ2) is 5.53. The molecule has 1 aromatic carbocycles. The monoisotopic (exact) mass is 339 g/mol. The zero-order valence-electron chi connectivity index (χ0n) is 10.2. The van der Waals surface area contributed by atoms with Crippen molar-refractivity contribution in [3.05, 3.63) is 45.1 Å². The first kappa shape index (κ1) is 13.0. The Bertz CT molecular complexity index is 572. The predicted octanol–water partition coefficient (Wildman–Crippen LogP) is 3.22. The van der Waals surface area contributed by atoms with Gasteiger partial charge in [0.15, 0.2) is 11.5 Å². The first-order valence-electron chi connectivity index (χ1n) is 6.10. The molecule has 3 rings (SSSR count). The Balaban J connectivity index is 1.67. The lowest BCUT2D eigenvalue weighted by Crippen LogP contribution is -2.46. The third-order valence-corrected chi connectivity index (χ3v) is 4.72. The number of halogens is 1. The van der Waals surface area contributed by atoms with Gasteiger partial charge in [0.05, 0.1) is 3.79 Å². The lowest BCUT2D eigenvalue weighted by Gasteiger charge is -2.30. The minimum absolute atomic E-state index is 0.0705. The molecule has 2 N–H and O–H groups in total. The third kappa shape index (κ3) is 2.94. The standard InChI is InChI=1S/C14H14BrNO2S/c15-14-6-5-9(19-14)7-10(16)13-8-17-11-3-1-2-4-12(11)18-13/h1-6,10,13H,7-8,16H2. The van der Waals surface area contributed by atoms with E-state index in [0.717, 1.165) is 21.7 Å². The summed E-state index contributed by atoms with van der Waals surface area (Å²) in [5, 5.41) is 0. The van der Waals surface area contributed by atoms with Gasteiger partial charge in [-0.15, -0.1) is 11.3 Å². The maximum atomic E-state index is 6.23. The molecule has 2 atom stereocenters. The van der Waals surface area contributed by atoms with Gasteiger partial charge >= 0.3 is 0 Å². The first-order valence-corrected chi connectivity index (χ1v) is 7.71. The molecular formula is C14H14BrNO2S. The summed E-state index contributed by atoms with van der Waals surface area (Å²) in [5.41, 5.74) is 6.23. The summed E-state index contributed by atoms with van der Waals surface area (Å²) < 4.78 is 12.7. The van der Waals surface area contributed by atoms with Gasteiger partial charge in [0.1, 0.15) is 12.7 Å². The van der Waals surface area contributed by atoms with Crippen molar-refractivity contribution in [3.8, 4) is 11.5 Å². The SMILES string of the molecule is NC(Cc1ccc(Br)s1)C1COc2ccccc2O1. The van der Waals surface area contributed by atoms with Crippen molar-refractivity contribution < 1.29 is 9.47 Å². The highest BCUT2D eigenvalue weighted by molar-refractivity contribution is 9.11. The van der Waals surface area contributed by atoms with E-state index in [2.05, 4.69) is 22.0 Å². The molecule has 0 aliphatic carbocycles. The largest absolute Gasteiger partial charge is 0.486 e. The lowest BCUT2D eigenvalue weighted by atomic mass is 10.1. The summed E-state index contributed by atoms with van der Waals surface area (Å²) in [6.07, 6.45) is 0.697. The topological polar surface area (TPSA) is 44.5 Å². The van der Waals surface area contributed by atoms with Gasteiger partial charge < -0.3 is 15.2 Å². The van der Waals surface area contributed by atoms with Crippen LogP contribution < -0.4 is 15.2 Å². The maximum absolute atomic E-state index is 6.23. The van der Waals surface area contributed by atoms with E-state index in [4.69, 9.17) is 15.2 Å². The molecule has 0 amide bonds. The van der Waals surface area contributed by atoms with Crippen LogP contribution in [0.4, 0.5) is 0 Å². The van der Waals surface area contributed by atoms with Crippen LogP contribution in [-0.4, -0.2) is 18.8 Å². The molecule has 1 aliphatic rings. The average molecular weight is 340 g/mol. The van der Waals surface area contributed by atoms with Crippen molar-refractivity contribution in [3.63, 3.8) is 0 Å². The van der Waals surface area contributed by atoms with Crippen LogP contribution in [0.25, 0.3) is 0 Å². The first-order chi connectivity index (χ1) is 9.22. The van der Waals surface area contributed by atoms with Crippen molar-refractivity contribution in [2.24, 2.45) is 5.73 Å². The molecule has 0 spiro atoms. The van der Waals surface area contributed by atoms with E-state index in [9.17, 15) is 0 Å². The van der Waals surface area contributed by atoms with Crippen LogP contribution in [0, 0.1) is 0 Å². The Kier molecular flexibility index (Phi) is 3.77. The summed E-state index contributed by atoms with van der Waals surface area (Å²) >= 11 is 5.17. The molecule has 2 aromatic rings. The molecule has 1 aliphatic heterocycles. The molecule has 2 unspecified atom stereocenters. The summed E-state index contributed by atoms with van der Waals surface area (Å²) in [4.78, 5) is 1.25. The van der Waals surface area contributed by atoms with Crippen LogP contribution in [0.1, 0.15) is 4.88 Å². The Morgan fingerprint density at radius 1 is 1.26 bits per heavy atom. The molecule has 0 saturated carbocycles. The van der Waals surface area contributed by atoms with Crippen LogP contribution in [0.5, 0.6) is 11.5 Å². The highest BCUT2D eigenvalue weighted by Crippen LogP contribution is 2.32. The quantitative estimate of drug-likeness (QED) is 0.933. The maximum Gasteiger partial charge on any atom is 0.161 e. The minimum atomic E-state index is -0.101. The fraction of sp³-hybridized carbons (Fsp3) is 0.286. The summed E-state index contributed by atoms with van der Waals surface area (Å²) in [6.45, 7) is 0.505. The normalized spacial score (nSPS) is 19.2. The Morgan fingerprint density at radius 2 is 2.05 bits per heavy atom. The molecule has 2 heterocycles. The number of ether oxygens (including phenoxy) is 2. The summed E-state index contributed by atoms with van der Waals surface area (Å²) in [7, 11) is 0. The molecule has 0 radical (unpaired) electrons. The number of hydrogen-bond donors (Lipinski definition) is 1. The van der Waals surface area contributed by atoms with Crippen LogP contribution >= 0.6 is 27.3 Å². The van der Waals surface area contributed by atoms with Crippen molar-refractivity contribution in [1.29, 1.82) is 0 Å². The van der Waals surface area contributed by atoms with Crippen LogP contribution in [-0.2, 0) is 6.42 Å². The van der Waals surface area contributed by atoms with Crippen LogP contribution in [0.15, 0.2) is 40.2 Å². The zero-order chi connectivity index (χ0) is 13.2. The smallest absolute Gasteiger partial charge is 0.161 e. The van der Waals surface area contributed by atoms with Crippen LogP contribution in [0.3, 0.4) is 0 Å². The summed E-state index contributed by atoms with van der Waals surface area (Å²) in [5.74, 6) is 1.58. The van der Waals surface area contributed by atoms with Gasteiger partial charge in [-0.1, -0.05) is 12.1 Å². The molecule has 1 aromatic heterocycles. The van der Waals surface area contributed by atoms with Gasteiger partial charge in [-0.3, -0.25) is 0 Å². The molecule has 0 fully saturated rings. The van der Waals surface area contributed by atoms with Gasteiger partial charge in [0.2, 0.25) is 0 Å². The van der Waals surface area contributed by atoms with Crippen molar-refractivity contribution in [2.45, 2.75) is 18.6 Å². The summed E-state index contributed by atoms with van der Waals surface area (Å²) in [6, 6.07) is 11.8. The van der Waals surface area contributed by atoms with Gasteiger partial charge in [0, 0.05) is 17.3 Å². The fourth-order valence-corrected chi connectivity index (χ4v) is 3.63. The van der Waals surface area contributed by atoms with Crippen LogP contribution in [0.2, 0.25) is 0 Å². The Labute approximate surface area is 124 Å². The second-order valence-corrected chi connectivity index (χ2v) is 7.04. The number of benzene rings is 1. The van der Waals surface area contributed by atoms with E-state index in [1.54, 1.807) is 11.3 Å². The third-order valence-electron chi connectivity index (χ3n) is 3.07. The highest BCUT2D eigenvalue weighted by atomic mass is 79.9. The molecule has 5 heteroatoms. The molecular weight excluding hydrogens is 326 g/mol. The van der Waals surface area contributed by atoms with Gasteiger partial charge in [-0.05, 0) is 40.2 Å². The minimum Gasteiger partial charge on any atom is -0.486 e. The number of rotatable bonds is 3. The van der Waals surface area contributed by atoms with E-state index in [1.165, 1.54) is 4.88 Å². The second-order valence-electron chi connectivity index (χ2n) is 4.49. The molecule has 19 heavy (non-hydrogen) atoms. The number of fused-ring (bicyclic) bond motifs is 1. The van der Waals surface area contributed by atoms with Gasteiger partial charge in [-0.2, -0.15) is 0 Å². The van der Waals surface area contributed by atoms with Crippen molar-refractivity contribution >= 4 is 27.3 Å². The highest BCUT2D eigenvalue weighted by Gasteiger charge is 2.26. The zero-order valence-corrected chi connectivity index (χ0v) is 12.6. The molecule has 0 saturated heterocycles. The van der Waals surface area contributed by atoms with E-state index >= 15 is 0 Å². The molecule has 100 valence electrons. The fourth-order valence-electron chi connectivity index (χ4n) is 2.07. The van der Waals surface area contributed by atoms with Crippen molar-refractivity contribution in [2.75, 3.05) is 6.61 Å². The Hall–Kier alpha value is -1.04. The molecule has 0 bridgehead atoms. The van der Waals surface area contributed by atoms with Gasteiger partial charge in [0.25, 0.3) is 0 Å². The number of para-hydroxylation sites is 2. The number of hydrogen-bond acceptors (Lipinski definition) is 4. The number of nitrogens with two attached hydrogens (primary N) is 1. The van der Waals surface area contributed by atoms with E-state index in [0.29, 0.717) is 6.61 Å².